The minimum atomic E-state index is 0.00704. The molecule has 1 nitrogen and oxygen atoms in total. The fourth-order valence-corrected chi connectivity index (χ4v) is 2.46. The Labute approximate surface area is 105 Å². The molecule has 0 N–H and O–H groups in total. The van der Waals surface area contributed by atoms with Crippen LogP contribution in [0, 0.1) is 0 Å². The summed E-state index contributed by atoms with van der Waals surface area (Å²) in [7, 11) is 0. The molecule has 2 aromatic rings. The number of benzene rings is 1. The molecule has 1 aromatic carbocycles. The molecular weight excluding hydrogens is 236 g/mol. The summed E-state index contributed by atoms with van der Waals surface area (Å²) in [4.78, 5) is 12.2. The Kier molecular flexibility index (Phi) is 5.29. The van der Waals surface area contributed by atoms with Crippen LogP contribution in [0.2, 0.25) is 0 Å². The Morgan fingerprint density at radius 2 is 1.69 bits per heavy atom. The normalized spacial score (nSPS) is 9.19. The maximum absolute atomic E-state index is 11.2. The summed E-state index contributed by atoms with van der Waals surface area (Å²) in [6, 6.07) is 13.0. The SMILES string of the molecule is CC.O=c1cc(S)sc(-c2ccccc2)c1. The Morgan fingerprint density at radius 3 is 2.25 bits per heavy atom. The van der Waals surface area contributed by atoms with Gasteiger partial charge in [0, 0.05) is 17.0 Å². The van der Waals surface area contributed by atoms with Gasteiger partial charge in [-0.2, -0.15) is 0 Å². The number of thiol groups is 1. The summed E-state index contributed by atoms with van der Waals surface area (Å²) in [5.74, 6) is 0. The smallest absolute Gasteiger partial charge is 0.181 e. The van der Waals surface area contributed by atoms with E-state index in [4.69, 9.17) is 0 Å². The van der Waals surface area contributed by atoms with E-state index in [1.165, 1.54) is 17.4 Å². The van der Waals surface area contributed by atoms with E-state index in [0.717, 1.165) is 14.6 Å². The highest BCUT2D eigenvalue weighted by Crippen LogP contribution is 2.25. The molecule has 0 saturated carbocycles. The molecule has 1 aromatic heterocycles. The van der Waals surface area contributed by atoms with Gasteiger partial charge in [-0.25, -0.2) is 0 Å². The molecule has 0 bridgehead atoms. The van der Waals surface area contributed by atoms with E-state index in [-0.39, 0.29) is 5.43 Å². The van der Waals surface area contributed by atoms with Gasteiger partial charge in [-0.05, 0) is 5.56 Å². The summed E-state index contributed by atoms with van der Waals surface area (Å²) in [6.07, 6.45) is 0. The fraction of sp³-hybridized carbons (Fsp3) is 0.154. The second-order valence-corrected chi connectivity index (χ2v) is 4.73. The molecular formula is C13H14OS2. The van der Waals surface area contributed by atoms with E-state index < -0.39 is 0 Å². The van der Waals surface area contributed by atoms with Crippen molar-refractivity contribution in [3.63, 3.8) is 0 Å². The van der Waals surface area contributed by atoms with E-state index in [0.29, 0.717) is 0 Å². The molecule has 0 spiro atoms. The lowest BCUT2D eigenvalue weighted by molar-refractivity contribution is 1.50. The summed E-state index contributed by atoms with van der Waals surface area (Å²) < 4.78 is 0.747. The van der Waals surface area contributed by atoms with Crippen molar-refractivity contribution in [1.82, 2.24) is 0 Å². The van der Waals surface area contributed by atoms with Gasteiger partial charge in [0.15, 0.2) is 5.43 Å². The predicted molar refractivity (Wildman–Crippen MR) is 74.6 cm³/mol. The zero-order chi connectivity index (χ0) is 12.0. The lowest BCUT2D eigenvalue weighted by atomic mass is 10.2. The molecule has 0 fully saturated rings. The van der Waals surface area contributed by atoms with E-state index in [2.05, 4.69) is 12.6 Å². The first kappa shape index (κ1) is 13.0. The standard InChI is InChI=1S/C11H8OS2.C2H6/c12-9-6-10(14-11(13)7-9)8-4-2-1-3-5-8;1-2/h1-7,13H;1-2H3. The third kappa shape index (κ3) is 3.51. The zero-order valence-electron chi connectivity index (χ0n) is 9.31. The van der Waals surface area contributed by atoms with Crippen LogP contribution in [0.1, 0.15) is 13.8 Å². The highest BCUT2D eigenvalue weighted by atomic mass is 32.2. The highest BCUT2D eigenvalue weighted by Gasteiger charge is 1.99. The zero-order valence-corrected chi connectivity index (χ0v) is 11.0. The number of hydrogen-bond acceptors (Lipinski definition) is 3. The van der Waals surface area contributed by atoms with Gasteiger partial charge in [-0.1, -0.05) is 44.2 Å². The Bertz CT molecular complexity index is 489. The third-order valence-electron chi connectivity index (χ3n) is 1.81. The van der Waals surface area contributed by atoms with Gasteiger partial charge in [0.25, 0.3) is 0 Å². The minimum absolute atomic E-state index is 0.00704. The summed E-state index contributed by atoms with van der Waals surface area (Å²) in [5, 5.41) is 0. The topological polar surface area (TPSA) is 17.1 Å². The first-order valence-electron chi connectivity index (χ1n) is 5.15. The van der Waals surface area contributed by atoms with Crippen LogP contribution in [0.3, 0.4) is 0 Å². The van der Waals surface area contributed by atoms with Crippen molar-refractivity contribution < 1.29 is 0 Å². The summed E-state index contributed by atoms with van der Waals surface area (Å²) in [6.45, 7) is 4.00. The molecule has 0 unspecified atom stereocenters. The first-order valence-corrected chi connectivity index (χ1v) is 6.42. The maximum atomic E-state index is 11.2. The second-order valence-electron chi connectivity index (χ2n) is 2.86. The van der Waals surface area contributed by atoms with Crippen LogP contribution in [-0.4, -0.2) is 0 Å². The van der Waals surface area contributed by atoms with Gasteiger partial charge in [-0.3, -0.25) is 4.79 Å². The first-order chi connectivity index (χ1) is 7.75. The lowest BCUT2D eigenvalue weighted by Gasteiger charge is -1.99. The van der Waals surface area contributed by atoms with E-state index >= 15 is 0 Å². The van der Waals surface area contributed by atoms with Crippen molar-refractivity contribution in [3.8, 4) is 10.4 Å². The lowest BCUT2D eigenvalue weighted by Crippen LogP contribution is -1.94. The van der Waals surface area contributed by atoms with Crippen molar-refractivity contribution in [3.05, 3.63) is 52.7 Å². The Balaban J connectivity index is 0.000000606. The van der Waals surface area contributed by atoms with Gasteiger partial charge in [0.2, 0.25) is 0 Å². The fourth-order valence-electron chi connectivity index (χ4n) is 1.21. The van der Waals surface area contributed by atoms with E-state index in [1.54, 1.807) is 6.07 Å². The van der Waals surface area contributed by atoms with Crippen LogP contribution >= 0.6 is 24.0 Å². The van der Waals surface area contributed by atoms with Crippen LogP contribution < -0.4 is 5.43 Å². The predicted octanol–water partition coefficient (Wildman–Crippen LogP) is 4.09. The molecule has 0 aliphatic carbocycles. The Hall–Kier alpha value is -1.06. The van der Waals surface area contributed by atoms with Crippen LogP contribution in [0.15, 0.2) is 51.5 Å². The number of rotatable bonds is 1. The monoisotopic (exact) mass is 250 g/mol. The molecule has 84 valence electrons. The minimum Gasteiger partial charge on any atom is -0.290 e. The molecule has 0 aliphatic rings. The molecule has 0 atom stereocenters. The molecule has 1 heterocycles. The maximum Gasteiger partial charge on any atom is 0.181 e. The summed E-state index contributed by atoms with van der Waals surface area (Å²) >= 11 is 5.70. The molecule has 3 heteroatoms. The van der Waals surface area contributed by atoms with Crippen molar-refractivity contribution in [2.45, 2.75) is 18.1 Å². The average molecular weight is 250 g/mol. The van der Waals surface area contributed by atoms with Gasteiger partial charge in [0.05, 0.1) is 4.21 Å². The van der Waals surface area contributed by atoms with Crippen molar-refractivity contribution in [1.29, 1.82) is 0 Å². The largest absolute Gasteiger partial charge is 0.290 e. The van der Waals surface area contributed by atoms with Gasteiger partial charge in [-0.15, -0.1) is 24.0 Å². The molecule has 2 rings (SSSR count). The van der Waals surface area contributed by atoms with Crippen LogP contribution in [0.4, 0.5) is 0 Å². The molecule has 16 heavy (non-hydrogen) atoms. The second kappa shape index (κ2) is 6.51. The van der Waals surface area contributed by atoms with E-state index in [1.807, 2.05) is 44.2 Å². The Morgan fingerprint density at radius 1 is 1.06 bits per heavy atom. The van der Waals surface area contributed by atoms with Crippen LogP contribution in [-0.2, 0) is 0 Å². The van der Waals surface area contributed by atoms with Crippen molar-refractivity contribution in [2.24, 2.45) is 0 Å². The van der Waals surface area contributed by atoms with Crippen LogP contribution in [0.5, 0.6) is 0 Å². The van der Waals surface area contributed by atoms with Gasteiger partial charge < -0.3 is 0 Å². The van der Waals surface area contributed by atoms with Crippen LogP contribution in [0.25, 0.3) is 10.4 Å². The van der Waals surface area contributed by atoms with Crippen molar-refractivity contribution in [2.75, 3.05) is 0 Å². The average Bonchev–Trinajstić information content (AvgIpc) is 2.32. The van der Waals surface area contributed by atoms with E-state index in [9.17, 15) is 4.79 Å². The molecule has 0 amide bonds. The number of hydrogen-bond donors (Lipinski definition) is 1. The van der Waals surface area contributed by atoms with Crippen molar-refractivity contribution >= 4 is 24.0 Å². The molecule has 0 aliphatic heterocycles. The molecule has 0 saturated heterocycles. The quantitative estimate of drug-likeness (QED) is 0.754. The molecule has 0 radical (unpaired) electrons. The van der Waals surface area contributed by atoms with Gasteiger partial charge >= 0.3 is 0 Å². The highest BCUT2D eigenvalue weighted by molar-refractivity contribution is 7.82. The third-order valence-corrected chi connectivity index (χ3v) is 3.12. The summed E-state index contributed by atoms with van der Waals surface area (Å²) in [5.41, 5.74) is 1.07. The van der Waals surface area contributed by atoms with Gasteiger partial charge in [0.1, 0.15) is 0 Å².